The van der Waals surface area contributed by atoms with Crippen molar-refractivity contribution in [1.29, 1.82) is 0 Å². The van der Waals surface area contributed by atoms with Crippen molar-refractivity contribution in [3.63, 3.8) is 0 Å². The van der Waals surface area contributed by atoms with Crippen LogP contribution in [0, 0.1) is 5.82 Å². The monoisotopic (exact) mass is 350 g/mol. The minimum atomic E-state index is -3.84. The van der Waals surface area contributed by atoms with Gasteiger partial charge in [0, 0.05) is 6.54 Å². The van der Waals surface area contributed by atoms with Crippen LogP contribution in [0.25, 0.3) is 0 Å². The number of carbonyl (C=O) groups excluding carboxylic acids is 1. The fourth-order valence-corrected chi connectivity index (χ4v) is 3.52. The molecule has 2 aromatic carbocycles. The summed E-state index contributed by atoms with van der Waals surface area (Å²) in [6, 6.07) is 13.6. The van der Waals surface area contributed by atoms with E-state index in [-0.39, 0.29) is 12.2 Å². The number of nitrogens with zero attached hydrogens (tertiary/aromatic N) is 1. The Labute approximate surface area is 141 Å². The molecular formula is C17H19FN2O3S. The molecule has 0 aliphatic rings. The van der Waals surface area contributed by atoms with Gasteiger partial charge in [-0.25, -0.2) is 12.8 Å². The topological polar surface area (TPSA) is 66.5 Å². The third kappa shape index (κ3) is 4.32. The lowest BCUT2D eigenvalue weighted by atomic mass is 10.2. The van der Waals surface area contributed by atoms with E-state index >= 15 is 0 Å². The summed E-state index contributed by atoms with van der Waals surface area (Å²) in [6.07, 6.45) is 0.945. The van der Waals surface area contributed by atoms with Crippen LogP contribution in [0.1, 0.15) is 12.5 Å². The highest BCUT2D eigenvalue weighted by Crippen LogP contribution is 2.24. The molecule has 0 radical (unpaired) electrons. The van der Waals surface area contributed by atoms with Gasteiger partial charge in [0.1, 0.15) is 11.9 Å². The van der Waals surface area contributed by atoms with E-state index in [4.69, 9.17) is 0 Å². The van der Waals surface area contributed by atoms with Crippen LogP contribution < -0.4 is 9.62 Å². The van der Waals surface area contributed by atoms with E-state index in [0.717, 1.165) is 22.2 Å². The second-order valence-electron chi connectivity index (χ2n) is 5.39. The van der Waals surface area contributed by atoms with E-state index in [1.165, 1.54) is 25.1 Å². The smallest absolute Gasteiger partial charge is 0.243 e. The molecule has 0 aliphatic carbocycles. The molecule has 0 bridgehead atoms. The van der Waals surface area contributed by atoms with Crippen LogP contribution in [0.4, 0.5) is 10.1 Å². The normalized spacial score (nSPS) is 12.5. The van der Waals surface area contributed by atoms with Crippen molar-refractivity contribution in [3.8, 4) is 0 Å². The summed E-state index contributed by atoms with van der Waals surface area (Å²) in [5.41, 5.74) is 0.734. The molecule has 1 amide bonds. The Morgan fingerprint density at radius 2 is 1.71 bits per heavy atom. The first-order valence-corrected chi connectivity index (χ1v) is 9.21. The van der Waals surface area contributed by atoms with Gasteiger partial charge in [-0.2, -0.15) is 0 Å². The lowest BCUT2D eigenvalue weighted by Gasteiger charge is -2.28. The van der Waals surface area contributed by atoms with Crippen molar-refractivity contribution >= 4 is 21.6 Å². The second-order valence-corrected chi connectivity index (χ2v) is 7.25. The van der Waals surface area contributed by atoms with Crippen molar-refractivity contribution in [2.75, 3.05) is 10.6 Å². The predicted octanol–water partition coefficient (Wildman–Crippen LogP) is 2.30. The Morgan fingerprint density at radius 1 is 1.12 bits per heavy atom. The van der Waals surface area contributed by atoms with Crippen molar-refractivity contribution in [3.05, 3.63) is 66.0 Å². The number of anilines is 1. The van der Waals surface area contributed by atoms with Crippen molar-refractivity contribution in [2.24, 2.45) is 0 Å². The number of halogens is 1. The van der Waals surface area contributed by atoms with E-state index in [9.17, 15) is 17.6 Å². The molecule has 0 aliphatic heterocycles. The number of carbonyl (C=O) groups is 1. The minimum absolute atomic E-state index is 0.151. The molecule has 1 atom stereocenters. The Hall–Kier alpha value is -2.41. The van der Waals surface area contributed by atoms with E-state index < -0.39 is 27.8 Å². The molecule has 2 aromatic rings. The van der Waals surface area contributed by atoms with Gasteiger partial charge < -0.3 is 5.32 Å². The van der Waals surface area contributed by atoms with Crippen molar-refractivity contribution in [2.45, 2.75) is 19.5 Å². The highest BCUT2D eigenvalue weighted by atomic mass is 32.2. The molecule has 0 saturated carbocycles. The number of benzene rings is 2. The van der Waals surface area contributed by atoms with Gasteiger partial charge in [0.25, 0.3) is 0 Å². The molecule has 2 rings (SSSR count). The molecule has 128 valence electrons. The van der Waals surface area contributed by atoms with E-state index in [1.54, 1.807) is 0 Å². The van der Waals surface area contributed by atoms with Crippen LogP contribution in [-0.4, -0.2) is 26.6 Å². The lowest BCUT2D eigenvalue weighted by Crippen LogP contribution is -2.48. The van der Waals surface area contributed by atoms with Gasteiger partial charge in [-0.05, 0) is 24.6 Å². The van der Waals surface area contributed by atoms with Gasteiger partial charge in [-0.1, -0.05) is 42.5 Å². The predicted molar refractivity (Wildman–Crippen MR) is 91.5 cm³/mol. The highest BCUT2D eigenvalue weighted by molar-refractivity contribution is 7.92. The first-order chi connectivity index (χ1) is 11.3. The Kier molecular flexibility index (Phi) is 5.56. The second kappa shape index (κ2) is 7.44. The van der Waals surface area contributed by atoms with Crippen LogP contribution in [0.2, 0.25) is 0 Å². The Bertz CT molecular complexity index is 810. The summed E-state index contributed by atoms with van der Waals surface area (Å²) in [5, 5.41) is 2.67. The zero-order valence-electron chi connectivity index (χ0n) is 13.4. The minimum Gasteiger partial charge on any atom is -0.350 e. The first-order valence-electron chi connectivity index (χ1n) is 7.36. The molecule has 0 heterocycles. The zero-order chi connectivity index (χ0) is 17.7. The summed E-state index contributed by atoms with van der Waals surface area (Å²) in [5.74, 6) is -1.21. The summed E-state index contributed by atoms with van der Waals surface area (Å²) >= 11 is 0. The van der Waals surface area contributed by atoms with E-state index in [2.05, 4.69) is 5.32 Å². The first kappa shape index (κ1) is 17.9. The standard InChI is InChI=1S/C17H19FN2O3S/c1-13(17(21)19-12-14-8-4-3-5-9-14)20(24(2,22)23)16-11-7-6-10-15(16)18/h3-11,13H,12H2,1-2H3,(H,19,21). The molecule has 5 nitrogen and oxygen atoms in total. The Balaban J connectivity index is 2.21. The number of rotatable bonds is 6. The quantitative estimate of drug-likeness (QED) is 0.869. The molecule has 24 heavy (non-hydrogen) atoms. The maximum absolute atomic E-state index is 14.0. The largest absolute Gasteiger partial charge is 0.350 e. The number of amides is 1. The third-order valence-electron chi connectivity index (χ3n) is 3.49. The van der Waals surface area contributed by atoms with E-state index in [1.807, 2.05) is 30.3 Å². The zero-order valence-corrected chi connectivity index (χ0v) is 14.3. The average molecular weight is 350 g/mol. The summed E-state index contributed by atoms with van der Waals surface area (Å²) in [7, 11) is -3.84. The van der Waals surface area contributed by atoms with Gasteiger partial charge in [0.2, 0.25) is 15.9 Å². The summed E-state index contributed by atoms with van der Waals surface area (Å²) in [4.78, 5) is 12.3. The fourth-order valence-electron chi connectivity index (χ4n) is 2.34. The van der Waals surface area contributed by atoms with Crippen LogP contribution >= 0.6 is 0 Å². The molecular weight excluding hydrogens is 331 g/mol. The van der Waals surface area contributed by atoms with Gasteiger partial charge in [0.05, 0.1) is 11.9 Å². The maximum atomic E-state index is 14.0. The number of sulfonamides is 1. The van der Waals surface area contributed by atoms with Gasteiger partial charge in [-0.3, -0.25) is 9.10 Å². The highest BCUT2D eigenvalue weighted by Gasteiger charge is 2.30. The number of hydrogen-bond donors (Lipinski definition) is 1. The molecule has 0 spiro atoms. The number of para-hydroxylation sites is 1. The fraction of sp³-hybridized carbons (Fsp3) is 0.235. The Morgan fingerprint density at radius 3 is 2.29 bits per heavy atom. The molecule has 1 N–H and O–H groups in total. The number of hydrogen-bond acceptors (Lipinski definition) is 3. The van der Waals surface area contributed by atoms with Crippen LogP contribution in [-0.2, 0) is 21.4 Å². The van der Waals surface area contributed by atoms with Crippen molar-refractivity contribution in [1.82, 2.24) is 5.32 Å². The van der Waals surface area contributed by atoms with Gasteiger partial charge in [0.15, 0.2) is 0 Å². The molecule has 0 aromatic heterocycles. The lowest BCUT2D eigenvalue weighted by molar-refractivity contribution is -0.122. The number of nitrogens with one attached hydrogen (secondary N) is 1. The van der Waals surface area contributed by atoms with Gasteiger partial charge >= 0.3 is 0 Å². The van der Waals surface area contributed by atoms with Crippen LogP contribution in [0.3, 0.4) is 0 Å². The molecule has 0 saturated heterocycles. The van der Waals surface area contributed by atoms with Gasteiger partial charge in [-0.15, -0.1) is 0 Å². The summed E-state index contributed by atoms with van der Waals surface area (Å²) in [6.45, 7) is 1.69. The molecule has 0 fully saturated rings. The molecule has 7 heteroatoms. The molecule has 1 unspecified atom stereocenters. The third-order valence-corrected chi connectivity index (χ3v) is 4.72. The average Bonchev–Trinajstić information content (AvgIpc) is 2.54. The summed E-state index contributed by atoms with van der Waals surface area (Å²) < 4.78 is 39.0. The van der Waals surface area contributed by atoms with Crippen LogP contribution in [0.15, 0.2) is 54.6 Å². The van der Waals surface area contributed by atoms with Crippen LogP contribution in [0.5, 0.6) is 0 Å². The van der Waals surface area contributed by atoms with Crippen molar-refractivity contribution < 1.29 is 17.6 Å². The SMILES string of the molecule is CC(C(=O)NCc1ccccc1)N(c1ccccc1F)S(C)(=O)=O. The maximum Gasteiger partial charge on any atom is 0.243 e. The van der Waals surface area contributed by atoms with E-state index in [0.29, 0.717) is 0 Å².